The van der Waals surface area contributed by atoms with Crippen LogP contribution in [0, 0.1) is 6.92 Å². The Labute approximate surface area is 190 Å². The standard InChI is InChI=1S/C25H23N3O3S/c1-17-11-12-22(31-17)25-27-19(16-32-25)15-23(29)28-21-10-6-5-9-20(21)24(30)26-14-13-18-7-3-2-4-8-18/h2-12,16H,13-15H2,1H3,(H,26,30)(H,28,29). The average Bonchev–Trinajstić information content (AvgIpc) is 3.43. The first kappa shape index (κ1) is 21.5. The van der Waals surface area contributed by atoms with E-state index in [0.29, 0.717) is 29.2 Å². The van der Waals surface area contributed by atoms with Crippen LogP contribution in [0.15, 0.2) is 76.5 Å². The molecule has 162 valence electrons. The molecule has 0 atom stereocenters. The molecule has 0 saturated heterocycles. The molecule has 2 aromatic carbocycles. The van der Waals surface area contributed by atoms with Gasteiger partial charge in [0.25, 0.3) is 5.91 Å². The maximum atomic E-state index is 12.7. The van der Waals surface area contributed by atoms with Crippen LogP contribution in [0.5, 0.6) is 0 Å². The third-order valence-corrected chi connectivity index (χ3v) is 5.74. The normalized spacial score (nSPS) is 10.7. The summed E-state index contributed by atoms with van der Waals surface area (Å²) in [5, 5.41) is 8.34. The number of anilines is 1. The van der Waals surface area contributed by atoms with Crippen LogP contribution < -0.4 is 10.6 Å². The molecule has 6 nitrogen and oxygen atoms in total. The highest BCUT2D eigenvalue weighted by atomic mass is 32.1. The first-order chi connectivity index (χ1) is 15.6. The van der Waals surface area contributed by atoms with Crippen LogP contribution in [-0.4, -0.2) is 23.3 Å². The topological polar surface area (TPSA) is 84.2 Å². The molecule has 2 amide bonds. The molecule has 2 aromatic heterocycles. The number of benzene rings is 2. The van der Waals surface area contributed by atoms with Crippen molar-refractivity contribution >= 4 is 28.8 Å². The number of nitrogens with zero attached hydrogens (tertiary/aromatic N) is 1. The lowest BCUT2D eigenvalue weighted by Crippen LogP contribution is -2.27. The number of hydrogen-bond donors (Lipinski definition) is 2. The zero-order valence-electron chi connectivity index (χ0n) is 17.6. The summed E-state index contributed by atoms with van der Waals surface area (Å²) in [7, 11) is 0. The lowest BCUT2D eigenvalue weighted by Gasteiger charge is -2.11. The molecule has 0 radical (unpaired) electrons. The number of hydrogen-bond acceptors (Lipinski definition) is 5. The summed E-state index contributed by atoms with van der Waals surface area (Å²) < 4.78 is 5.59. The number of rotatable bonds is 8. The maximum absolute atomic E-state index is 12.7. The van der Waals surface area contributed by atoms with Crippen LogP contribution in [0.3, 0.4) is 0 Å². The maximum Gasteiger partial charge on any atom is 0.253 e. The third-order valence-electron chi connectivity index (χ3n) is 4.83. The summed E-state index contributed by atoms with van der Waals surface area (Å²) in [6.07, 6.45) is 0.850. The number of amides is 2. The molecule has 0 aliphatic heterocycles. The third kappa shape index (κ3) is 5.50. The van der Waals surface area contributed by atoms with Crippen molar-refractivity contribution in [2.24, 2.45) is 0 Å². The van der Waals surface area contributed by atoms with Crippen LogP contribution in [-0.2, 0) is 17.6 Å². The van der Waals surface area contributed by atoms with Crippen LogP contribution >= 0.6 is 11.3 Å². The fourth-order valence-corrected chi connectivity index (χ4v) is 4.04. The monoisotopic (exact) mass is 445 g/mol. The van der Waals surface area contributed by atoms with Gasteiger partial charge < -0.3 is 15.1 Å². The first-order valence-corrected chi connectivity index (χ1v) is 11.2. The minimum Gasteiger partial charge on any atom is -0.459 e. The molecule has 0 bridgehead atoms. The highest BCUT2D eigenvalue weighted by Gasteiger charge is 2.15. The predicted octanol–water partition coefficient (Wildman–Crippen LogP) is 4.87. The summed E-state index contributed by atoms with van der Waals surface area (Å²) in [6, 6.07) is 20.7. The van der Waals surface area contributed by atoms with E-state index in [1.54, 1.807) is 24.3 Å². The van der Waals surface area contributed by atoms with Crippen molar-refractivity contribution in [3.63, 3.8) is 0 Å². The lowest BCUT2D eigenvalue weighted by molar-refractivity contribution is -0.115. The van der Waals surface area contributed by atoms with Gasteiger partial charge in [0, 0.05) is 11.9 Å². The van der Waals surface area contributed by atoms with Crippen LogP contribution in [0.25, 0.3) is 10.8 Å². The molecule has 7 heteroatoms. The molecule has 4 aromatic rings. The zero-order chi connectivity index (χ0) is 22.3. The Morgan fingerprint density at radius 1 is 1.00 bits per heavy atom. The van der Waals surface area contributed by atoms with Gasteiger partial charge >= 0.3 is 0 Å². The molecule has 0 saturated carbocycles. The molecular formula is C25H23N3O3S. The molecule has 0 aliphatic carbocycles. The number of thiazole rings is 1. The first-order valence-electron chi connectivity index (χ1n) is 10.3. The Balaban J connectivity index is 1.35. The largest absolute Gasteiger partial charge is 0.459 e. The van der Waals surface area contributed by atoms with Crippen molar-refractivity contribution in [3.8, 4) is 10.8 Å². The lowest BCUT2D eigenvalue weighted by atomic mass is 10.1. The summed E-state index contributed by atoms with van der Waals surface area (Å²) in [4.78, 5) is 29.8. The van der Waals surface area contributed by atoms with Gasteiger partial charge in [-0.3, -0.25) is 9.59 Å². The van der Waals surface area contributed by atoms with Gasteiger partial charge in [-0.2, -0.15) is 0 Å². The molecule has 4 rings (SSSR count). The second kappa shape index (κ2) is 10.1. The second-order valence-electron chi connectivity index (χ2n) is 7.32. The van der Waals surface area contributed by atoms with E-state index in [1.165, 1.54) is 11.3 Å². The Hall–Kier alpha value is -3.71. The van der Waals surface area contributed by atoms with Gasteiger partial charge in [-0.15, -0.1) is 11.3 Å². The van der Waals surface area contributed by atoms with Crippen LogP contribution in [0.2, 0.25) is 0 Å². The van der Waals surface area contributed by atoms with Crippen molar-refractivity contribution in [2.75, 3.05) is 11.9 Å². The molecule has 0 unspecified atom stereocenters. The van der Waals surface area contributed by atoms with E-state index in [1.807, 2.05) is 54.8 Å². The van der Waals surface area contributed by atoms with Crippen molar-refractivity contribution in [3.05, 3.63) is 94.7 Å². The van der Waals surface area contributed by atoms with E-state index in [4.69, 9.17) is 4.42 Å². The quantitative estimate of drug-likeness (QED) is 0.405. The number of nitrogens with one attached hydrogen (secondary N) is 2. The fourth-order valence-electron chi connectivity index (χ4n) is 3.26. The van der Waals surface area contributed by atoms with E-state index < -0.39 is 0 Å². The van der Waals surface area contributed by atoms with E-state index >= 15 is 0 Å². The average molecular weight is 446 g/mol. The van der Waals surface area contributed by atoms with Crippen molar-refractivity contribution in [1.82, 2.24) is 10.3 Å². The van der Waals surface area contributed by atoms with Gasteiger partial charge in [0.1, 0.15) is 5.76 Å². The van der Waals surface area contributed by atoms with Gasteiger partial charge in [0.15, 0.2) is 10.8 Å². The van der Waals surface area contributed by atoms with E-state index in [0.717, 1.165) is 22.8 Å². The molecule has 0 aliphatic rings. The molecule has 2 N–H and O–H groups in total. The molecule has 0 spiro atoms. The van der Waals surface area contributed by atoms with Crippen LogP contribution in [0.1, 0.15) is 27.4 Å². The smallest absolute Gasteiger partial charge is 0.253 e. The predicted molar refractivity (Wildman–Crippen MR) is 126 cm³/mol. The Bertz CT molecular complexity index is 1210. The zero-order valence-corrected chi connectivity index (χ0v) is 18.4. The van der Waals surface area contributed by atoms with Crippen molar-refractivity contribution < 1.29 is 14.0 Å². The summed E-state index contributed by atoms with van der Waals surface area (Å²) in [6.45, 7) is 2.39. The second-order valence-corrected chi connectivity index (χ2v) is 8.17. The van der Waals surface area contributed by atoms with E-state index in [2.05, 4.69) is 15.6 Å². The number of furan rings is 1. The SMILES string of the molecule is Cc1ccc(-c2nc(CC(=O)Nc3ccccc3C(=O)NCCc3ccccc3)cs2)o1. The Kier molecular flexibility index (Phi) is 6.77. The number of carbonyl (C=O) groups is 2. The van der Waals surface area contributed by atoms with E-state index in [9.17, 15) is 9.59 Å². The van der Waals surface area contributed by atoms with E-state index in [-0.39, 0.29) is 18.2 Å². The highest BCUT2D eigenvalue weighted by molar-refractivity contribution is 7.13. The highest BCUT2D eigenvalue weighted by Crippen LogP contribution is 2.26. The number of para-hydroxylation sites is 1. The molecular weight excluding hydrogens is 422 g/mol. The van der Waals surface area contributed by atoms with Crippen molar-refractivity contribution in [2.45, 2.75) is 19.8 Å². The molecule has 0 fully saturated rings. The summed E-state index contributed by atoms with van der Waals surface area (Å²) in [5.41, 5.74) is 2.72. The van der Waals surface area contributed by atoms with Gasteiger partial charge in [-0.1, -0.05) is 42.5 Å². The van der Waals surface area contributed by atoms with Gasteiger partial charge in [-0.05, 0) is 43.2 Å². The molecule has 32 heavy (non-hydrogen) atoms. The Morgan fingerprint density at radius 3 is 2.56 bits per heavy atom. The minimum absolute atomic E-state index is 0.111. The Morgan fingerprint density at radius 2 is 1.78 bits per heavy atom. The molecule has 2 heterocycles. The summed E-state index contributed by atoms with van der Waals surface area (Å²) >= 11 is 1.43. The van der Waals surface area contributed by atoms with Crippen molar-refractivity contribution in [1.29, 1.82) is 0 Å². The fraction of sp³-hybridized carbons (Fsp3) is 0.160. The number of aryl methyl sites for hydroxylation is 1. The summed E-state index contributed by atoms with van der Waals surface area (Å²) in [5.74, 6) is 1.05. The van der Waals surface area contributed by atoms with Gasteiger partial charge in [0.05, 0.1) is 23.4 Å². The number of carbonyl (C=O) groups excluding carboxylic acids is 2. The van der Waals surface area contributed by atoms with Gasteiger partial charge in [0.2, 0.25) is 5.91 Å². The van der Waals surface area contributed by atoms with Gasteiger partial charge in [-0.25, -0.2) is 4.98 Å². The van der Waals surface area contributed by atoms with Crippen LogP contribution in [0.4, 0.5) is 5.69 Å². The minimum atomic E-state index is -0.234. The number of aromatic nitrogens is 1.